The van der Waals surface area contributed by atoms with E-state index in [0.29, 0.717) is 0 Å². The van der Waals surface area contributed by atoms with Crippen LogP contribution in [0.4, 0.5) is 4.39 Å². The molecule has 0 bridgehead atoms. The van der Waals surface area contributed by atoms with Crippen LogP contribution < -0.4 is 0 Å². The molecule has 1 fully saturated rings. The van der Waals surface area contributed by atoms with Crippen molar-refractivity contribution in [1.29, 1.82) is 0 Å². The molecule has 4 atom stereocenters. The number of ether oxygens (including phenoxy) is 3. The molecular formula is C19H21FO4. The Morgan fingerprint density at radius 2 is 1.38 bits per heavy atom. The minimum atomic E-state index is -1.35. The van der Waals surface area contributed by atoms with Gasteiger partial charge >= 0.3 is 0 Å². The first-order valence-corrected chi connectivity index (χ1v) is 7.99. The fraction of sp³-hybridized carbons (Fsp3) is 0.368. The number of halogens is 1. The number of alkyl halides is 1. The van der Waals surface area contributed by atoms with E-state index in [2.05, 4.69) is 0 Å². The van der Waals surface area contributed by atoms with Crippen molar-refractivity contribution in [2.24, 2.45) is 0 Å². The Morgan fingerprint density at radius 3 is 1.92 bits per heavy atom. The summed E-state index contributed by atoms with van der Waals surface area (Å²) >= 11 is 0. The van der Waals surface area contributed by atoms with E-state index in [1.165, 1.54) is 0 Å². The van der Waals surface area contributed by atoms with E-state index in [-0.39, 0.29) is 19.8 Å². The Labute approximate surface area is 140 Å². The van der Waals surface area contributed by atoms with Gasteiger partial charge in [0.1, 0.15) is 12.2 Å². The first-order chi connectivity index (χ1) is 11.7. The first-order valence-electron chi connectivity index (χ1n) is 7.99. The second kappa shape index (κ2) is 8.35. The monoisotopic (exact) mass is 332 g/mol. The Kier molecular flexibility index (Phi) is 5.93. The molecule has 5 heteroatoms. The van der Waals surface area contributed by atoms with Gasteiger partial charge in [-0.3, -0.25) is 0 Å². The van der Waals surface area contributed by atoms with Crippen molar-refractivity contribution >= 4 is 0 Å². The van der Waals surface area contributed by atoms with Gasteiger partial charge in [-0.25, -0.2) is 4.39 Å². The third-order valence-electron chi connectivity index (χ3n) is 3.96. The Hall–Kier alpha value is -1.79. The van der Waals surface area contributed by atoms with Gasteiger partial charge < -0.3 is 19.3 Å². The minimum Gasteiger partial charge on any atom is -0.367 e. The molecule has 1 saturated heterocycles. The summed E-state index contributed by atoms with van der Waals surface area (Å²) in [5.74, 6) is 0. The fourth-order valence-corrected chi connectivity index (χ4v) is 2.66. The molecule has 1 aliphatic heterocycles. The van der Waals surface area contributed by atoms with E-state index in [4.69, 9.17) is 14.2 Å². The van der Waals surface area contributed by atoms with Crippen LogP contribution in [0, 0.1) is 0 Å². The van der Waals surface area contributed by atoms with Crippen molar-refractivity contribution in [3.63, 3.8) is 0 Å². The molecule has 0 saturated carbocycles. The molecule has 24 heavy (non-hydrogen) atoms. The minimum absolute atomic E-state index is 0.203. The van der Waals surface area contributed by atoms with E-state index < -0.39 is 24.7 Å². The van der Waals surface area contributed by atoms with Gasteiger partial charge in [0.15, 0.2) is 12.5 Å². The van der Waals surface area contributed by atoms with E-state index in [9.17, 15) is 9.50 Å². The first kappa shape index (κ1) is 17.0. The lowest BCUT2D eigenvalue weighted by Gasteiger charge is -2.37. The van der Waals surface area contributed by atoms with Gasteiger partial charge in [0.2, 0.25) is 0 Å². The van der Waals surface area contributed by atoms with Crippen molar-refractivity contribution in [2.75, 3.05) is 6.61 Å². The van der Waals surface area contributed by atoms with Crippen LogP contribution in [0.3, 0.4) is 0 Å². The quantitative estimate of drug-likeness (QED) is 0.884. The van der Waals surface area contributed by atoms with Crippen LogP contribution in [0.1, 0.15) is 11.1 Å². The summed E-state index contributed by atoms with van der Waals surface area (Å²) in [4.78, 5) is 0. The number of hydrogen-bond acceptors (Lipinski definition) is 4. The SMILES string of the molecule is O[C@H]1OC[C@@H](F)[C@@H](OCc2ccccc2)[C@H]1OCc1ccccc1. The van der Waals surface area contributed by atoms with Crippen LogP contribution in [0.2, 0.25) is 0 Å². The smallest absolute Gasteiger partial charge is 0.183 e. The van der Waals surface area contributed by atoms with E-state index in [0.717, 1.165) is 11.1 Å². The molecule has 4 nitrogen and oxygen atoms in total. The summed E-state index contributed by atoms with van der Waals surface area (Å²) in [5, 5.41) is 10.0. The lowest BCUT2D eigenvalue weighted by molar-refractivity contribution is -0.268. The summed E-state index contributed by atoms with van der Waals surface area (Å²) in [6, 6.07) is 19.0. The number of aliphatic hydroxyl groups is 1. The predicted molar refractivity (Wildman–Crippen MR) is 86.9 cm³/mol. The molecule has 1 aliphatic rings. The van der Waals surface area contributed by atoms with Crippen molar-refractivity contribution in [3.05, 3.63) is 71.8 Å². The highest BCUT2D eigenvalue weighted by Crippen LogP contribution is 2.24. The predicted octanol–water partition coefficient (Wildman–Crippen LogP) is 2.84. The maximum absolute atomic E-state index is 14.3. The summed E-state index contributed by atoms with van der Waals surface area (Å²) < 4.78 is 30.7. The van der Waals surface area contributed by atoms with Gasteiger partial charge in [-0.15, -0.1) is 0 Å². The zero-order valence-corrected chi connectivity index (χ0v) is 13.3. The summed E-state index contributed by atoms with van der Waals surface area (Å²) in [6.07, 6.45) is -4.31. The zero-order valence-electron chi connectivity index (χ0n) is 13.3. The molecule has 2 aromatic rings. The highest BCUT2D eigenvalue weighted by atomic mass is 19.1. The summed E-state index contributed by atoms with van der Waals surface area (Å²) in [6.45, 7) is 0.305. The average Bonchev–Trinajstić information content (AvgIpc) is 2.63. The topological polar surface area (TPSA) is 47.9 Å². The lowest BCUT2D eigenvalue weighted by Crippen LogP contribution is -2.53. The molecule has 0 unspecified atom stereocenters. The maximum atomic E-state index is 14.3. The van der Waals surface area contributed by atoms with Crippen LogP contribution in [-0.2, 0) is 27.4 Å². The average molecular weight is 332 g/mol. The zero-order chi connectivity index (χ0) is 16.8. The van der Waals surface area contributed by atoms with Gasteiger partial charge in [0.25, 0.3) is 0 Å². The van der Waals surface area contributed by atoms with Crippen LogP contribution in [0.15, 0.2) is 60.7 Å². The highest BCUT2D eigenvalue weighted by Gasteiger charge is 2.41. The summed E-state index contributed by atoms with van der Waals surface area (Å²) in [5.41, 5.74) is 1.87. The molecule has 0 amide bonds. The molecule has 1 heterocycles. The van der Waals surface area contributed by atoms with Crippen molar-refractivity contribution in [3.8, 4) is 0 Å². The Balaban J connectivity index is 1.63. The second-order valence-electron chi connectivity index (χ2n) is 5.76. The Morgan fingerprint density at radius 1 is 0.875 bits per heavy atom. The number of hydrogen-bond donors (Lipinski definition) is 1. The molecule has 0 radical (unpaired) electrons. The molecule has 0 aliphatic carbocycles. The molecule has 0 aromatic heterocycles. The fourth-order valence-electron chi connectivity index (χ4n) is 2.66. The second-order valence-corrected chi connectivity index (χ2v) is 5.76. The number of rotatable bonds is 6. The standard InChI is InChI=1S/C19H21FO4/c20-16-13-24-19(21)18(23-12-15-9-5-2-6-10-15)17(16)22-11-14-7-3-1-4-8-14/h1-10,16-19,21H,11-13H2/t16-,17-,18-,19+/m1/s1. The highest BCUT2D eigenvalue weighted by molar-refractivity contribution is 5.14. The maximum Gasteiger partial charge on any atom is 0.183 e. The molecule has 1 N–H and O–H groups in total. The van der Waals surface area contributed by atoms with E-state index in [1.807, 2.05) is 60.7 Å². The van der Waals surface area contributed by atoms with Crippen molar-refractivity contribution < 1.29 is 23.7 Å². The number of aliphatic hydroxyl groups excluding tert-OH is 1. The number of benzene rings is 2. The van der Waals surface area contributed by atoms with Crippen molar-refractivity contribution in [1.82, 2.24) is 0 Å². The van der Waals surface area contributed by atoms with Crippen LogP contribution in [0.25, 0.3) is 0 Å². The summed E-state index contributed by atoms with van der Waals surface area (Å²) in [7, 11) is 0. The van der Waals surface area contributed by atoms with Crippen LogP contribution in [0.5, 0.6) is 0 Å². The van der Waals surface area contributed by atoms with Crippen LogP contribution in [-0.4, -0.2) is 36.4 Å². The third kappa shape index (κ3) is 4.39. The normalized spacial score (nSPS) is 27.1. The van der Waals surface area contributed by atoms with Crippen LogP contribution >= 0.6 is 0 Å². The third-order valence-corrected chi connectivity index (χ3v) is 3.96. The van der Waals surface area contributed by atoms with E-state index in [1.54, 1.807) is 0 Å². The molecular weight excluding hydrogens is 311 g/mol. The van der Waals surface area contributed by atoms with Gasteiger partial charge in [0, 0.05) is 0 Å². The molecule has 128 valence electrons. The van der Waals surface area contributed by atoms with Crippen molar-refractivity contribution in [2.45, 2.75) is 37.9 Å². The van der Waals surface area contributed by atoms with Gasteiger partial charge in [-0.2, -0.15) is 0 Å². The lowest BCUT2D eigenvalue weighted by atomic mass is 10.1. The molecule has 3 rings (SSSR count). The Bertz CT molecular complexity index is 552. The van der Waals surface area contributed by atoms with Gasteiger partial charge in [-0.1, -0.05) is 60.7 Å². The van der Waals surface area contributed by atoms with E-state index >= 15 is 0 Å². The molecule has 0 spiro atoms. The largest absolute Gasteiger partial charge is 0.367 e. The van der Waals surface area contributed by atoms with Gasteiger partial charge in [-0.05, 0) is 11.1 Å². The molecule has 2 aromatic carbocycles. The van der Waals surface area contributed by atoms with Gasteiger partial charge in [0.05, 0.1) is 19.8 Å².